The Labute approximate surface area is 119 Å². The molecule has 0 unspecified atom stereocenters. The van der Waals surface area contributed by atoms with Gasteiger partial charge in [0.1, 0.15) is 11.5 Å². The maximum Gasteiger partial charge on any atom is 0.296 e. The molecule has 3 heterocycles. The first-order valence-corrected chi connectivity index (χ1v) is 7.51. The van der Waals surface area contributed by atoms with Crippen molar-refractivity contribution in [2.24, 2.45) is 0 Å². The molecule has 0 N–H and O–H groups in total. The van der Waals surface area contributed by atoms with E-state index in [1.165, 1.54) is 4.68 Å². The zero-order chi connectivity index (χ0) is 14.1. The molecule has 5 nitrogen and oxygen atoms in total. The lowest BCUT2D eigenvalue weighted by Crippen LogP contribution is -2.24. The Morgan fingerprint density at radius 3 is 3.00 bits per heavy atom. The van der Waals surface area contributed by atoms with Crippen LogP contribution in [0.4, 0.5) is 0 Å². The van der Waals surface area contributed by atoms with E-state index in [2.05, 4.69) is 17.2 Å². The summed E-state index contributed by atoms with van der Waals surface area (Å²) < 4.78 is 6.70. The van der Waals surface area contributed by atoms with Gasteiger partial charge in [-0.05, 0) is 24.8 Å². The number of hydrogen-bond acceptors (Lipinski definition) is 5. The van der Waals surface area contributed by atoms with Gasteiger partial charge in [0.25, 0.3) is 5.56 Å². The molecule has 0 amide bonds. The number of unbranched alkanes of at least 4 members (excludes halogenated alkanes) is 1. The van der Waals surface area contributed by atoms with Crippen LogP contribution in [0.15, 0.2) is 26.8 Å². The summed E-state index contributed by atoms with van der Waals surface area (Å²) in [5, 5.41) is 11.2. The molecule has 0 bridgehead atoms. The highest BCUT2D eigenvalue weighted by Gasteiger charge is 2.18. The number of hydrogen-bond donors (Lipinski definition) is 0. The molecule has 0 saturated carbocycles. The molecule has 0 aliphatic rings. The summed E-state index contributed by atoms with van der Waals surface area (Å²) in [5.41, 5.74) is 0.979. The van der Waals surface area contributed by atoms with Crippen LogP contribution in [0.1, 0.15) is 25.5 Å². The Morgan fingerprint density at radius 2 is 2.30 bits per heavy atom. The normalized spacial score (nSPS) is 11.3. The third kappa shape index (κ3) is 2.06. The van der Waals surface area contributed by atoms with E-state index >= 15 is 0 Å². The van der Waals surface area contributed by atoms with Gasteiger partial charge >= 0.3 is 0 Å². The van der Waals surface area contributed by atoms with Gasteiger partial charge in [-0.1, -0.05) is 24.6 Å². The van der Waals surface area contributed by atoms with Gasteiger partial charge < -0.3 is 4.52 Å². The summed E-state index contributed by atoms with van der Waals surface area (Å²) in [6.07, 6.45) is 1.93. The second-order valence-corrected chi connectivity index (χ2v) is 5.62. The molecule has 6 heteroatoms. The minimum atomic E-state index is -0.175. The number of nitrogens with zero attached hydrogens (tertiary/aromatic N) is 3. The fourth-order valence-electron chi connectivity index (χ4n) is 2.18. The van der Waals surface area contributed by atoms with Crippen molar-refractivity contribution in [1.29, 1.82) is 0 Å². The summed E-state index contributed by atoms with van der Waals surface area (Å²) >= 11 is 1.59. The molecule has 0 atom stereocenters. The Morgan fingerprint density at radius 1 is 1.45 bits per heavy atom. The lowest BCUT2D eigenvalue weighted by Gasteiger charge is -2.06. The molecular formula is C14H15N3O2S. The molecule has 0 fully saturated rings. The third-order valence-corrected chi connectivity index (χ3v) is 4.11. The van der Waals surface area contributed by atoms with Crippen LogP contribution in [-0.2, 0) is 6.54 Å². The average Bonchev–Trinajstić information content (AvgIpc) is 3.09. The van der Waals surface area contributed by atoms with Crippen molar-refractivity contribution in [3.63, 3.8) is 0 Å². The van der Waals surface area contributed by atoms with Crippen LogP contribution in [0.25, 0.3) is 21.5 Å². The van der Waals surface area contributed by atoms with Gasteiger partial charge in [0.15, 0.2) is 5.52 Å². The lowest BCUT2D eigenvalue weighted by molar-refractivity contribution is 0.404. The molecular weight excluding hydrogens is 274 g/mol. The Bertz CT molecular complexity index is 787. The highest BCUT2D eigenvalue weighted by molar-refractivity contribution is 7.13. The highest BCUT2D eigenvalue weighted by Crippen LogP contribution is 2.30. The molecule has 0 saturated heterocycles. The highest BCUT2D eigenvalue weighted by atomic mass is 32.1. The summed E-state index contributed by atoms with van der Waals surface area (Å²) in [5.74, 6) is 0.635. The maximum atomic E-state index is 12.4. The first-order valence-electron chi connectivity index (χ1n) is 6.63. The Hall–Kier alpha value is -1.95. The molecule has 3 aromatic rings. The van der Waals surface area contributed by atoms with Crippen LogP contribution < -0.4 is 5.56 Å². The lowest BCUT2D eigenvalue weighted by atomic mass is 10.2. The van der Waals surface area contributed by atoms with Crippen LogP contribution >= 0.6 is 11.3 Å². The molecule has 104 valence electrons. The van der Waals surface area contributed by atoms with Crippen molar-refractivity contribution in [3.8, 4) is 10.6 Å². The number of aryl methyl sites for hydroxylation is 2. The summed E-state index contributed by atoms with van der Waals surface area (Å²) in [4.78, 5) is 13.4. The van der Waals surface area contributed by atoms with Gasteiger partial charge in [-0.2, -0.15) is 5.10 Å². The number of rotatable bonds is 4. The number of thiophene rings is 1. The van der Waals surface area contributed by atoms with Crippen LogP contribution in [0.3, 0.4) is 0 Å². The van der Waals surface area contributed by atoms with Gasteiger partial charge in [0.2, 0.25) is 0 Å². The van der Waals surface area contributed by atoms with Crippen LogP contribution in [0.5, 0.6) is 0 Å². The molecule has 3 rings (SSSR count). The summed E-state index contributed by atoms with van der Waals surface area (Å²) in [6, 6.07) is 3.96. The van der Waals surface area contributed by atoms with Crippen molar-refractivity contribution >= 4 is 22.2 Å². The smallest absolute Gasteiger partial charge is 0.296 e. The number of fused-ring (bicyclic) bond motifs is 1. The van der Waals surface area contributed by atoms with Gasteiger partial charge in [-0.25, -0.2) is 4.68 Å². The maximum absolute atomic E-state index is 12.4. The van der Waals surface area contributed by atoms with Gasteiger partial charge in [-0.15, -0.1) is 11.3 Å². The fraction of sp³-hybridized carbons (Fsp3) is 0.357. The van der Waals surface area contributed by atoms with Crippen LogP contribution in [0.2, 0.25) is 0 Å². The number of aromatic nitrogens is 3. The van der Waals surface area contributed by atoms with E-state index in [1.54, 1.807) is 11.3 Å². The monoisotopic (exact) mass is 289 g/mol. The largest absolute Gasteiger partial charge is 0.360 e. The second kappa shape index (κ2) is 5.20. The molecule has 3 aromatic heterocycles. The molecule has 0 radical (unpaired) electrons. The first-order chi connectivity index (χ1) is 9.72. The van der Waals surface area contributed by atoms with E-state index in [0.717, 1.165) is 28.8 Å². The zero-order valence-corrected chi connectivity index (χ0v) is 12.2. The van der Waals surface area contributed by atoms with E-state index in [0.29, 0.717) is 17.8 Å². The van der Waals surface area contributed by atoms with E-state index in [1.807, 2.05) is 24.4 Å². The molecule has 0 aromatic carbocycles. The fourth-order valence-corrected chi connectivity index (χ4v) is 2.90. The van der Waals surface area contributed by atoms with Crippen molar-refractivity contribution in [2.75, 3.05) is 0 Å². The molecule has 20 heavy (non-hydrogen) atoms. The van der Waals surface area contributed by atoms with Crippen molar-refractivity contribution in [3.05, 3.63) is 33.6 Å². The van der Waals surface area contributed by atoms with E-state index in [4.69, 9.17) is 4.52 Å². The molecule has 0 aliphatic carbocycles. The van der Waals surface area contributed by atoms with Gasteiger partial charge in [0.05, 0.1) is 10.3 Å². The predicted octanol–water partition coefficient (Wildman–Crippen LogP) is 3.22. The quantitative estimate of drug-likeness (QED) is 0.740. The summed E-state index contributed by atoms with van der Waals surface area (Å²) in [7, 11) is 0. The van der Waals surface area contributed by atoms with Crippen LogP contribution in [0, 0.1) is 6.92 Å². The van der Waals surface area contributed by atoms with Crippen molar-refractivity contribution in [2.45, 2.75) is 33.2 Å². The predicted molar refractivity (Wildman–Crippen MR) is 79.0 cm³/mol. The van der Waals surface area contributed by atoms with E-state index in [-0.39, 0.29) is 5.56 Å². The van der Waals surface area contributed by atoms with Crippen molar-refractivity contribution in [1.82, 2.24) is 14.9 Å². The minimum Gasteiger partial charge on any atom is -0.360 e. The third-order valence-electron chi connectivity index (χ3n) is 3.24. The minimum absolute atomic E-state index is 0.175. The zero-order valence-electron chi connectivity index (χ0n) is 11.4. The molecule has 0 aliphatic heterocycles. The SMILES string of the molecule is CCCCn1nc(-c2cccs2)c2c(C)onc2c1=O. The Balaban J connectivity index is 2.29. The standard InChI is InChI=1S/C14H15N3O2S/c1-3-4-7-17-14(18)13-11(9(2)19-16-13)12(15-17)10-6-5-8-20-10/h5-6,8H,3-4,7H2,1-2H3. The summed E-state index contributed by atoms with van der Waals surface area (Å²) in [6.45, 7) is 4.50. The second-order valence-electron chi connectivity index (χ2n) is 4.67. The van der Waals surface area contributed by atoms with E-state index < -0.39 is 0 Å². The average molecular weight is 289 g/mol. The van der Waals surface area contributed by atoms with Gasteiger partial charge in [0, 0.05) is 6.54 Å². The first kappa shape index (κ1) is 13.1. The van der Waals surface area contributed by atoms with Crippen molar-refractivity contribution < 1.29 is 4.52 Å². The topological polar surface area (TPSA) is 60.9 Å². The van der Waals surface area contributed by atoms with E-state index in [9.17, 15) is 4.79 Å². The van der Waals surface area contributed by atoms with Crippen LogP contribution in [-0.4, -0.2) is 14.9 Å². The molecule has 0 spiro atoms. The van der Waals surface area contributed by atoms with Gasteiger partial charge in [-0.3, -0.25) is 4.79 Å². The Kier molecular flexibility index (Phi) is 3.40.